The van der Waals surface area contributed by atoms with E-state index in [9.17, 15) is 9.18 Å². The molecule has 0 atom stereocenters. The van der Waals surface area contributed by atoms with Crippen LogP contribution in [0.5, 0.6) is 0 Å². The number of rotatable bonds is 4. The minimum atomic E-state index is -0.335. The van der Waals surface area contributed by atoms with Gasteiger partial charge in [0.25, 0.3) is 5.56 Å². The summed E-state index contributed by atoms with van der Waals surface area (Å²) in [5.74, 6) is 0.917. The summed E-state index contributed by atoms with van der Waals surface area (Å²) in [6.07, 6.45) is 3.44. The number of benzene rings is 1. The normalized spacial score (nSPS) is 14.1. The van der Waals surface area contributed by atoms with Crippen molar-refractivity contribution in [3.05, 3.63) is 83.2 Å². The Labute approximate surface area is 193 Å². The first-order chi connectivity index (χ1) is 16.7. The molecule has 4 aromatic heterocycles. The summed E-state index contributed by atoms with van der Waals surface area (Å²) >= 11 is 0. The van der Waals surface area contributed by atoms with E-state index in [-0.39, 0.29) is 11.4 Å². The van der Waals surface area contributed by atoms with E-state index in [2.05, 4.69) is 15.0 Å². The summed E-state index contributed by atoms with van der Waals surface area (Å²) in [7, 11) is 0. The van der Waals surface area contributed by atoms with Crippen LogP contribution in [-0.4, -0.2) is 55.7 Å². The van der Waals surface area contributed by atoms with E-state index in [1.165, 1.54) is 22.9 Å². The van der Waals surface area contributed by atoms with E-state index in [0.29, 0.717) is 49.0 Å². The number of hydrogen-bond acceptors (Lipinski definition) is 6. The molecule has 34 heavy (non-hydrogen) atoms. The largest absolute Gasteiger partial charge is 0.378 e. The van der Waals surface area contributed by atoms with Gasteiger partial charge in [-0.05, 0) is 42.0 Å². The van der Waals surface area contributed by atoms with Gasteiger partial charge in [0.05, 0.1) is 24.6 Å². The predicted octanol–water partition coefficient (Wildman–Crippen LogP) is 2.91. The van der Waals surface area contributed by atoms with E-state index >= 15 is 0 Å². The summed E-state index contributed by atoms with van der Waals surface area (Å²) in [6, 6.07) is 15.0. The maximum absolute atomic E-state index is 13.3. The van der Waals surface area contributed by atoms with E-state index < -0.39 is 0 Å². The molecular formula is C24H20FN7O2. The molecule has 1 aromatic carbocycles. The van der Waals surface area contributed by atoms with Crippen LogP contribution in [0.25, 0.3) is 34.0 Å². The zero-order valence-electron chi connectivity index (χ0n) is 18.1. The van der Waals surface area contributed by atoms with Crippen LogP contribution in [0.2, 0.25) is 0 Å². The van der Waals surface area contributed by atoms with Gasteiger partial charge in [-0.25, -0.2) is 14.1 Å². The van der Waals surface area contributed by atoms with Crippen molar-refractivity contribution in [1.29, 1.82) is 0 Å². The highest BCUT2D eigenvalue weighted by Gasteiger charge is 2.20. The van der Waals surface area contributed by atoms with Crippen LogP contribution in [0.1, 0.15) is 0 Å². The minimum absolute atomic E-state index is 0.266. The average molecular weight is 457 g/mol. The fourth-order valence-electron chi connectivity index (χ4n) is 4.09. The molecule has 0 spiro atoms. The van der Waals surface area contributed by atoms with Crippen molar-refractivity contribution in [3.63, 3.8) is 0 Å². The van der Waals surface area contributed by atoms with Crippen molar-refractivity contribution < 1.29 is 9.13 Å². The molecule has 0 bridgehead atoms. The average Bonchev–Trinajstić information content (AvgIpc) is 3.49. The second-order valence-corrected chi connectivity index (χ2v) is 7.96. The molecule has 1 aliphatic rings. The van der Waals surface area contributed by atoms with Gasteiger partial charge in [0.2, 0.25) is 0 Å². The fourth-order valence-corrected chi connectivity index (χ4v) is 4.09. The second-order valence-electron chi connectivity index (χ2n) is 7.96. The SMILES string of the molecule is O=c1cc(-c2ccc(F)cc2)[nH]n1-c1cc(N2CCOCC2)n2nc(-c3ccncc3)cc2n1. The van der Waals surface area contributed by atoms with Crippen molar-refractivity contribution in [2.45, 2.75) is 0 Å². The van der Waals surface area contributed by atoms with Crippen LogP contribution in [0.3, 0.4) is 0 Å². The molecule has 9 nitrogen and oxygen atoms in total. The first kappa shape index (κ1) is 20.3. The van der Waals surface area contributed by atoms with Crippen LogP contribution in [0.15, 0.2) is 71.8 Å². The summed E-state index contributed by atoms with van der Waals surface area (Å²) in [5, 5.41) is 7.89. The number of pyridine rings is 1. The van der Waals surface area contributed by atoms with Gasteiger partial charge in [-0.3, -0.25) is 14.9 Å². The third-order valence-electron chi connectivity index (χ3n) is 5.81. The Bertz CT molecular complexity index is 1520. The molecule has 1 saturated heterocycles. The first-order valence-corrected chi connectivity index (χ1v) is 10.9. The molecule has 0 amide bonds. The van der Waals surface area contributed by atoms with Crippen molar-refractivity contribution in [3.8, 4) is 28.3 Å². The van der Waals surface area contributed by atoms with Crippen molar-refractivity contribution in [1.82, 2.24) is 29.4 Å². The van der Waals surface area contributed by atoms with E-state index in [4.69, 9.17) is 14.8 Å². The van der Waals surface area contributed by atoms with Gasteiger partial charge < -0.3 is 9.64 Å². The standard InChI is InChI=1S/C24H20FN7O2/c25-18-3-1-16(2-4-18)20-14-24(33)32(29-20)22-15-23(30-9-11-34-12-10-30)31-21(27-22)13-19(28-31)17-5-7-26-8-6-17/h1-8,13-15,29H,9-12H2. The minimum Gasteiger partial charge on any atom is -0.378 e. The molecule has 0 radical (unpaired) electrons. The number of morpholine rings is 1. The van der Waals surface area contributed by atoms with Crippen LogP contribution >= 0.6 is 0 Å². The number of aromatic amines is 1. The molecule has 0 aliphatic carbocycles. The summed E-state index contributed by atoms with van der Waals surface area (Å²) < 4.78 is 22.0. The maximum Gasteiger partial charge on any atom is 0.273 e. The Morgan fingerprint density at radius 3 is 2.47 bits per heavy atom. The van der Waals surface area contributed by atoms with Gasteiger partial charge in [-0.1, -0.05) is 0 Å². The van der Waals surface area contributed by atoms with Gasteiger partial charge in [0.15, 0.2) is 11.5 Å². The molecule has 170 valence electrons. The molecule has 6 rings (SSSR count). The molecule has 1 N–H and O–H groups in total. The Kier molecular flexibility index (Phi) is 4.92. The molecule has 0 unspecified atom stereocenters. The smallest absolute Gasteiger partial charge is 0.273 e. The molecule has 10 heteroatoms. The third-order valence-corrected chi connectivity index (χ3v) is 5.81. The van der Waals surface area contributed by atoms with Gasteiger partial charge in [-0.2, -0.15) is 9.61 Å². The van der Waals surface area contributed by atoms with Gasteiger partial charge in [0, 0.05) is 49.2 Å². The Morgan fingerprint density at radius 2 is 1.71 bits per heavy atom. The summed E-state index contributed by atoms with van der Waals surface area (Å²) in [6.45, 7) is 2.61. The highest BCUT2D eigenvalue weighted by atomic mass is 19.1. The first-order valence-electron chi connectivity index (χ1n) is 10.9. The number of ether oxygens (including phenoxy) is 1. The van der Waals surface area contributed by atoms with Crippen molar-refractivity contribution in [2.24, 2.45) is 0 Å². The lowest BCUT2D eigenvalue weighted by atomic mass is 10.1. The lowest BCUT2D eigenvalue weighted by Crippen LogP contribution is -2.37. The third kappa shape index (κ3) is 3.63. The number of nitrogens with zero attached hydrogens (tertiary/aromatic N) is 6. The number of halogens is 1. The molecule has 1 fully saturated rings. The number of anilines is 1. The lowest BCUT2D eigenvalue weighted by Gasteiger charge is -2.29. The topological polar surface area (TPSA) is 93.3 Å². The molecule has 5 heterocycles. The second kappa shape index (κ2) is 8.23. The highest BCUT2D eigenvalue weighted by Crippen LogP contribution is 2.25. The van der Waals surface area contributed by atoms with Crippen LogP contribution < -0.4 is 10.5 Å². The van der Waals surface area contributed by atoms with Crippen LogP contribution in [-0.2, 0) is 4.74 Å². The number of aromatic nitrogens is 6. The summed E-state index contributed by atoms with van der Waals surface area (Å²) in [5.41, 5.74) is 3.30. The molecule has 1 aliphatic heterocycles. The zero-order valence-corrected chi connectivity index (χ0v) is 18.1. The maximum atomic E-state index is 13.3. The van der Waals surface area contributed by atoms with Crippen LogP contribution in [0, 0.1) is 5.82 Å². The number of fused-ring (bicyclic) bond motifs is 1. The van der Waals surface area contributed by atoms with E-state index in [1.807, 2.05) is 24.3 Å². The lowest BCUT2D eigenvalue weighted by molar-refractivity contribution is 0.122. The van der Waals surface area contributed by atoms with E-state index in [1.54, 1.807) is 29.0 Å². The Balaban J connectivity index is 1.50. The number of H-pyrrole nitrogens is 1. The number of nitrogens with one attached hydrogen (secondary N) is 1. The monoisotopic (exact) mass is 457 g/mol. The zero-order chi connectivity index (χ0) is 23.1. The van der Waals surface area contributed by atoms with Crippen LogP contribution in [0.4, 0.5) is 10.2 Å². The Morgan fingerprint density at radius 1 is 0.941 bits per heavy atom. The van der Waals surface area contributed by atoms with Gasteiger partial charge >= 0.3 is 0 Å². The number of hydrogen-bond donors (Lipinski definition) is 1. The van der Waals surface area contributed by atoms with Gasteiger partial charge in [0.1, 0.15) is 11.6 Å². The van der Waals surface area contributed by atoms with Gasteiger partial charge in [-0.15, -0.1) is 0 Å². The fraction of sp³-hybridized carbons (Fsp3) is 0.167. The molecule has 5 aromatic rings. The quantitative estimate of drug-likeness (QED) is 0.446. The van der Waals surface area contributed by atoms with Crippen molar-refractivity contribution >= 4 is 11.5 Å². The summed E-state index contributed by atoms with van der Waals surface area (Å²) in [4.78, 5) is 23.9. The molecule has 0 saturated carbocycles. The predicted molar refractivity (Wildman–Crippen MR) is 125 cm³/mol. The molecular weight excluding hydrogens is 437 g/mol. The Hall–Kier alpha value is -4.31. The van der Waals surface area contributed by atoms with E-state index in [0.717, 1.165) is 17.1 Å². The highest BCUT2D eigenvalue weighted by molar-refractivity contribution is 5.66. The van der Waals surface area contributed by atoms with Crippen molar-refractivity contribution in [2.75, 3.05) is 31.2 Å².